The lowest BCUT2D eigenvalue weighted by atomic mass is 9.82. The van der Waals surface area contributed by atoms with E-state index in [1.54, 1.807) is 12.1 Å². The van der Waals surface area contributed by atoms with Gasteiger partial charge in [0.15, 0.2) is 0 Å². The molecule has 1 aromatic carbocycles. The van der Waals surface area contributed by atoms with Gasteiger partial charge in [0.05, 0.1) is 4.92 Å². The number of hydrogen-bond donors (Lipinski definition) is 2. The number of aromatic nitrogens is 2. The Bertz CT molecular complexity index is 876. The average Bonchev–Trinajstić information content (AvgIpc) is 2.74. The van der Waals surface area contributed by atoms with Gasteiger partial charge in [0, 0.05) is 13.1 Å². The monoisotopic (exact) mass is 436 g/mol. The van der Waals surface area contributed by atoms with E-state index in [9.17, 15) is 18.9 Å². The molecule has 11 heteroatoms. The molecule has 1 fully saturated rings. The van der Waals surface area contributed by atoms with Crippen molar-refractivity contribution in [2.24, 2.45) is 17.6 Å². The van der Waals surface area contributed by atoms with E-state index < -0.39 is 11.5 Å². The maximum atomic E-state index is 12.4. The molecule has 1 aromatic heterocycles. The molecule has 0 saturated heterocycles. The van der Waals surface area contributed by atoms with E-state index in [1.165, 1.54) is 12.1 Å². The van der Waals surface area contributed by atoms with Crippen molar-refractivity contribution in [3.8, 4) is 5.75 Å². The van der Waals surface area contributed by atoms with Crippen molar-refractivity contribution in [3.05, 3.63) is 46.1 Å². The normalized spacial score (nSPS) is 18.7. The zero-order valence-corrected chi connectivity index (χ0v) is 17.0. The van der Waals surface area contributed by atoms with Crippen LogP contribution in [0.4, 0.5) is 26.2 Å². The molecule has 3 rings (SSSR count). The fourth-order valence-electron chi connectivity index (χ4n) is 3.85. The Morgan fingerprint density at radius 1 is 1.19 bits per heavy atom. The number of nitrogen functional groups attached to an aromatic ring is 1. The molecule has 168 valence electrons. The van der Waals surface area contributed by atoms with Crippen LogP contribution in [-0.2, 0) is 6.54 Å². The van der Waals surface area contributed by atoms with Gasteiger partial charge in [-0.1, -0.05) is 12.1 Å². The summed E-state index contributed by atoms with van der Waals surface area (Å²) in [5.41, 5.74) is 12.0. The van der Waals surface area contributed by atoms with Crippen molar-refractivity contribution in [1.29, 1.82) is 0 Å². The number of nitrogens with two attached hydrogens (primary N) is 2. The van der Waals surface area contributed by atoms with Crippen LogP contribution in [0.25, 0.3) is 0 Å². The topological polar surface area (TPSA) is 133 Å². The Labute approximate surface area is 178 Å². The van der Waals surface area contributed by atoms with Gasteiger partial charge < -0.3 is 21.1 Å². The highest BCUT2D eigenvalue weighted by Crippen LogP contribution is 2.30. The maximum absolute atomic E-state index is 12.4. The molecule has 1 aliphatic carbocycles. The van der Waals surface area contributed by atoms with Gasteiger partial charge in [-0.3, -0.25) is 10.1 Å². The third-order valence-corrected chi connectivity index (χ3v) is 5.56. The predicted octanol–water partition coefficient (Wildman–Crippen LogP) is 3.34. The molecule has 1 aliphatic rings. The van der Waals surface area contributed by atoms with Gasteiger partial charge in [-0.2, -0.15) is 13.8 Å². The van der Waals surface area contributed by atoms with E-state index >= 15 is 0 Å². The van der Waals surface area contributed by atoms with Gasteiger partial charge in [-0.25, -0.2) is 4.98 Å². The van der Waals surface area contributed by atoms with E-state index in [0.29, 0.717) is 31.5 Å². The Kier molecular flexibility index (Phi) is 7.50. The minimum atomic E-state index is -2.89. The average molecular weight is 436 g/mol. The van der Waals surface area contributed by atoms with Gasteiger partial charge in [0.2, 0.25) is 11.8 Å². The number of nitro groups is 1. The van der Waals surface area contributed by atoms with Crippen LogP contribution >= 0.6 is 0 Å². The standard InChI is InChI=1S/C20H26F2N6O3/c21-19(22)31-16-7-5-15(6-8-16)12-27(11-14-3-1-13(9-23)2-4-14)20-25-10-17(28(29)30)18(24)26-20/h5-8,10,13-14,19H,1-4,9,11-12,23H2,(H2,24,25,26). The second kappa shape index (κ2) is 10.3. The molecule has 0 bridgehead atoms. The minimum absolute atomic E-state index is 0.0706. The summed E-state index contributed by atoms with van der Waals surface area (Å²) >= 11 is 0. The van der Waals surface area contributed by atoms with Crippen molar-refractivity contribution in [2.45, 2.75) is 38.8 Å². The number of alkyl halides is 2. The predicted molar refractivity (Wildman–Crippen MR) is 112 cm³/mol. The van der Waals surface area contributed by atoms with Crippen LogP contribution in [0.2, 0.25) is 0 Å². The molecule has 0 aliphatic heterocycles. The van der Waals surface area contributed by atoms with Crippen LogP contribution in [0.15, 0.2) is 30.5 Å². The van der Waals surface area contributed by atoms with Crippen LogP contribution in [0.3, 0.4) is 0 Å². The third-order valence-electron chi connectivity index (χ3n) is 5.56. The lowest BCUT2D eigenvalue weighted by Gasteiger charge is -2.32. The Morgan fingerprint density at radius 3 is 2.39 bits per heavy atom. The lowest BCUT2D eigenvalue weighted by molar-refractivity contribution is -0.384. The summed E-state index contributed by atoms with van der Waals surface area (Å²) in [6.45, 7) is -1.17. The largest absolute Gasteiger partial charge is 0.435 e. The molecule has 2 aromatic rings. The number of hydrogen-bond acceptors (Lipinski definition) is 8. The second-order valence-corrected chi connectivity index (χ2v) is 7.72. The van der Waals surface area contributed by atoms with Crippen molar-refractivity contribution in [2.75, 3.05) is 23.7 Å². The van der Waals surface area contributed by atoms with Crippen LogP contribution in [-0.4, -0.2) is 34.6 Å². The summed E-state index contributed by atoms with van der Waals surface area (Å²) in [7, 11) is 0. The number of rotatable bonds is 9. The number of benzene rings is 1. The first-order valence-electron chi connectivity index (χ1n) is 10.1. The molecule has 1 saturated carbocycles. The number of anilines is 2. The van der Waals surface area contributed by atoms with E-state index in [4.69, 9.17) is 11.5 Å². The van der Waals surface area contributed by atoms with Gasteiger partial charge >= 0.3 is 12.3 Å². The summed E-state index contributed by atoms with van der Waals surface area (Å²) in [5.74, 6) is 1.09. The van der Waals surface area contributed by atoms with Gasteiger partial charge in [0.25, 0.3) is 0 Å². The zero-order valence-electron chi connectivity index (χ0n) is 17.0. The molecule has 1 heterocycles. The van der Waals surface area contributed by atoms with Crippen LogP contribution < -0.4 is 21.1 Å². The van der Waals surface area contributed by atoms with Crippen molar-refractivity contribution in [1.82, 2.24) is 9.97 Å². The Hall–Kier alpha value is -3.08. The fraction of sp³-hybridized carbons (Fsp3) is 0.500. The van der Waals surface area contributed by atoms with E-state index in [-0.39, 0.29) is 23.2 Å². The van der Waals surface area contributed by atoms with Crippen molar-refractivity contribution in [3.63, 3.8) is 0 Å². The van der Waals surface area contributed by atoms with Gasteiger partial charge in [0.1, 0.15) is 11.9 Å². The molecule has 31 heavy (non-hydrogen) atoms. The second-order valence-electron chi connectivity index (χ2n) is 7.72. The van der Waals surface area contributed by atoms with Gasteiger partial charge in [-0.15, -0.1) is 0 Å². The Morgan fingerprint density at radius 2 is 1.84 bits per heavy atom. The Balaban J connectivity index is 1.78. The molecule has 0 unspecified atom stereocenters. The van der Waals surface area contributed by atoms with Crippen LogP contribution in [0.1, 0.15) is 31.2 Å². The molecule has 0 amide bonds. The summed E-state index contributed by atoms with van der Waals surface area (Å²) in [5, 5.41) is 11.0. The first-order chi connectivity index (χ1) is 14.9. The smallest absolute Gasteiger partial charge is 0.387 e. The van der Waals surface area contributed by atoms with Crippen molar-refractivity contribution < 1.29 is 18.4 Å². The number of ether oxygens (including phenoxy) is 1. The molecular formula is C20H26F2N6O3. The number of nitrogens with zero attached hydrogens (tertiary/aromatic N) is 4. The highest BCUT2D eigenvalue weighted by atomic mass is 19.3. The molecule has 0 atom stereocenters. The quantitative estimate of drug-likeness (QED) is 0.452. The van der Waals surface area contributed by atoms with Crippen molar-refractivity contribution >= 4 is 17.5 Å². The molecule has 4 N–H and O–H groups in total. The fourth-order valence-corrected chi connectivity index (χ4v) is 3.85. The van der Waals surface area contributed by atoms with E-state index in [0.717, 1.165) is 37.4 Å². The van der Waals surface area contributed by atoms with Crippen LogP contribution in [0.5, 0.6) is 5.75 Å². The first-order valence-corrected chi connectivity index (χ1v) is 10.1. The lowest BCUT2D eigenvalue weighted by Crippen LogP contribution is -2.33. The number of halogens is 2. The highest BCUT2D eigenvalue weighted by molar-refractivity contribution is 5.54. The van der Waals surface area contributed by atoms with E-state index in [2.05, 4.69) is 14.7 Å². The van der Waals surface area contributed by atoms with Gasteiger partial charge in [-0.05, 0) is 61.8 Å². The highest BCUT2D eigenvalue weighted by Gasteiger charge is 2.25. The summed E-state index contributed by atoms with van der Waals surface area (Å²) in [6.07, 6.45) is 5.25. The molecule has 0 radical (unpaired) electrons. The van der Waals surface area contributed by atoms with E-state index in [1.807, 2.05) is 4.90 Å². The molecular weight excluding hydrogens is 410 g/mol. The summed E-state index contributed by atoms with van der Waals surface area (Å²) in [6, 6.07) is 6.31. The summed E-state index contributed by atoms with van der Waals surface area (Å²) < 4.78 is 29.1. The summed E-state index contributed by atoms with van der Waals surface area (Å²) in [4.78, 5) is 20.6. The minimum Gasteiger partial charge on any atom is -0.435 e. The van der Waals surface area contributed by atoms with Crippen LogP contribution in [0, 0.1) is 22.0 Å². The zero-order chi connectivity index (χ0) is 22.4. The molecule has 9 nitrogen and oxygen atoms in total. The molecule has 0 spiro atoms. The maximum Gasteiger partial charge on any atom is 0.387 e. The SMILES string of the molecule is NCC1CCC(CN(Cc2ccc(OC(F)F)cc2)c2ncc([N+](=O)[O-])c(N)n2)CC1. The third kappa shape index (κ3) is 6.20. The first kappa shape index (κ1) is 22.6.